The summed E-state index contributed by atoms with van der Waals surface area (Å²) in [5.74, 6) is 1.24. The van der Waals surface area contributed by atoms with Crippen LogP contribution in [0.5, 0.6) is 5.75 Å². The molecule has 0 radical (unpaired) electrons. The zero-order valence-corrected chi connectivity index (χ0v) is 10.6. The number of benzene rings is 1. The van der Waals surface area contributed by atoms with E-state index in [2.05, 4.69) is 8.37 Å². The van der Waals surface area contributed by atoms with Gasteiger partial charge in [-0.25, -0.2) is 4.18 Å². The highest BCUT2D eigenvalue weighted by atomic mass is 35.5. The van der Waals surface area contributed by atoms with Gasteiger partial charge in [0.05, 0.1) is 5.56 Å². The molecule has 0 amide bonds. The maximum absolute atomic E-state index is 12.5. The maximum Gasteiger partial charge on any atom is 0.449 e. The van der Waals surface area contributed by atoms with E-state index in [-0.39, 0.29) is 5.02 Å². The van der Waals surface area contributed by atoms with Crippen LogP contribution in [0, 0.1) is 12.3 Å². The molecule has 0 saturated carbocycles. The molecule has 1 rings (SSSR count). The van der Waals surface area contributed by atoms with Gasteiger partial charge in [0.15, 0.2) is 0 Å². The van der Waals surface area contributed by atoms with Gasteiger partial charge in [-0.05, 0) is 12.1 Å². The van der Waals surface area contributed by atoms with Gasteiger partial charge in [-0.15, -0.1) is 6.42 Å². The summed E-state index contributed by atoms with van der Waals surface area (Å²) in [6, 6.07) is 2.00. The van der Waals surface area contributed by atoms with E-state index >= 15 is 0 Å². The molecular weight excluding hydrogens is 309 g/mol. The summed E-state index contributed by atoms with van der Waals surface area (Å²) in [4.78, 5) is 0. The molecule has 104 valence electrons. The van der Waals surface area contributed by atoms with Crippen molar-refractivity contribution in [1.82, 2.24) is 0 Å². The number of alkyl halides is 3. The number of rotatable bonds is 4. The minimum absolute atomic E-state index is 0.336. The van der Waals surface area contributed by atoms with E-state index in [1.807, 2.05) is 5.92 Å². The lowest BCUT2D eigenvalue weighted by Crippen LogP contribution is -2.14. The van der Waals surface area contributed by atoms with E-state index in [4.69, 9.17) is 18.0 Å². The van der Waals surface area contributed by atoms with Crippen LogP contribution < -0.4 is 4.18 Å². The Morgan fingerprint density at radius 2 is 1.95 bits per heavy atom. The molecule has 0 aliphatic carbocycles. The van der Waals surface area contributed by atoms with Crippen LogP contribution in [0.2, 0.25) is 5.02 Å². The Balaban J connectivity index is 3.03. The van der Waals surface area contributed by atoms with E-state index in [0.29, 0.717) is 12.1 Å². The van der Waals surface area contributed by atoms with Gasteiger partial charge in [0.2, 0.25) is 0 Å². The summed E-state index contributed by atoms with van der Waals surface area (Å²) in [7, 11) is -4.54. The quantitative estimate of drug-likeness (QED) is 0.802. The molecule has 4 nitrogen and oxygen atoms in total. The first-order valence-corrected chi connectivity index (χ1v) is 6.25. The smallest absolute Gasteiger partial charge is 0.362 e. The second kappa shape index (κ2) is 5.69. The molecule has 0 bridgehead atoms. The van der Waals surface area contributed by atoms with Crippen LogP contribution in [-0.4, -0.2) is 15.0 Å². The number of hydrogen-bond donors (Lipinski definition) is 0. The van der Waals surface area contributed by atoms with Crippen molar-refractivity contribution in [2.24, 2.45) is 0 Å². The van der Waals surface area contributed by atoms with Crippen LogP contribution in [0.4, 0.5) is 13.2 Å². The largest absolute Gasteiger partial charge is 0.449 e. The first-order chi connectivity index (χ1) is 8.64. The number of terminal acetylenes is 1. The monoisotopic (exact) mass is 314 g/mol. The minimum Gasteiger partial charge on any atom is -0.362 e. The Morgan fingerprint density at radius 3 is 2.47 bits per heavy atom. The zero-order valence-electron chi connectivity index (χ0n) is 9.07. The average Bonchev–Trinajstić information content (AvgIpc) is 2.23. The molecule has 19 heavy (non-hydrogen) atoms. The molecule has 9 heteroatoms. The highest BCUT2D eigenvalue weighted by Gasteiger charge is 2.32. The molecule has 0 aliphatic heterocycles. The molecule has 1 aromatic rings. The van der Waals surface area contributed by atoms with Crippen molar-refractivity contribution < 1.29 is 30.0 Å². The lowest BCUT2D eigenvalue weighted by atomic mass is 10.2. The van der Waals surface area contributed by atoms with Crippen LogP contribution in [0.3, 0.4) is 0 Å². The van der Waals surface area contributed by atoms with Gasteiger partial charge in [0, 0.05) is 11.1 Å². The molecule has 0 unspecified atom stereocenters. The lowest BCUT2D eigenvalue weighted by molar-refractivity contribution is -0.137. The molecule has 0 atom stereocenters. The van der Waals surface area contributed by atoms with E-state index in [1.54, 1.807) is 0 Å². The molecule has 0 heterocycles. The van der Waals surface area contributed by atoms with Gasteiger partial charge in [-0.3, -0.25) is 0 Å². The summed E-state index contributed by atoms with van der Waals surface area (Å²) < 4.78 is 68.1. The summed E-state index contributed by atoms with van der Waals surface area (Å²) in [5.41, 5.74) is -1.15. The van der Waals surface area contributed by atoms with Crippen LogP contribution in [0.25, 0.3) is 0 Å². The molecule has 0 fully saturated rings. The molecular formula is C10H6ClF3O4S. The predicted molar refractivity (Wildman–Crippen MR) is 60.8 cm³/mol. The first kappa shape index (κ1) is 15.6. The Kier molecular flexibility index (Phi) is 4.68. The van der Waals surface area contributed by atoms with Gasteiger partial charge < -0.3 is 4.18 Å². The Morgan fingerprint density at radius 1 is 1.32 bits per heavy atom. The van der Waals surface area contributed by atoms with Crippen LogP contribution in [-0.2, 0) is 20.8 Å². The van der Waals surface area contributed by atoms with Gasteiger partial charge >= 0.3 is 16.6 Å². The third kappa shape index (κ3) is 4.98. The van der Waals surface area contributed by atoms with Crippen molar-refractivity contribution in [3.8, 4) is 18.1 Å². The molecule has 1 aromatic carbocycles. The average molecular weight is 315 g/mol. The van der Waals surface area contributed by atoms with Gasteiger partial charge in [-0.2, -0.15) is 21.6 Å². The maximum atomic E-state index is 12.5. The van der Waals surface area contributed by atoms with Crippen molar-refractivity contribution in [2.45, 2.75) is 6.18 Å². The third-order valence-electron chi connectivity index (χ3n) is 1.68. The fourth-order valence-electron chi connectivity index (χ4n) is 1.02. The van der Waals surface area contributed by atoms with Crippen molar-refractivity contribution in [3.63, 3.8) is 0 Å². The van der Waals surface area contributed by atoms with Crippen molar-refractivity contribution >= 4 is 22.0 Å². The fourth-order valence-corrected chi connectivity index (χ4v) is 1.84. The highest BCUT2D eigenvalue weighted by Crippen LogP contribution is 2.34. The number of halogens is 4. The molecule has 0 aromatic heterocycles. The van der Waals surface area contributed by atoms with Gasteiger partial charge in [-0.1, -0.05) is 17.5 Å². The minimum atomic E-state index is -4.69. The van der Waals surface area contributed by atoms with Crippen LogP contribution >= 0.6 is 11.6 Å². The van der Waals surface area contributed by atoms with E-state index in [0.717, 1.165) is 6.07 Å². The summed E-state index contributed by atoms with van der Waals surface area (Å²) in [5, 5.41) is -0.336. The zero-order chi connectivity index (χ0) is 14.7. The lowest BCUT2D eigenvalue weighted by Gasteiger charge is -2.10. The Hall–Kier alpha value is -1.43. The highest BCUT2D eigenvalue weighted by molar-refractivity contribution is 7.82. The summed E-state index contributed by atoms with van der Waals surface area (Å²) >= 11 is 5.44. The van der Waals surface area contributed by atoms with Gasteiger partial charge in [0.1, 0.15) is 12.4 Å². The van der Waals surface area contributed by atoms with Crippen LogP contribution in [0.15, 0.2) is 18.2 Å². The summed E-state index contributed by atoms with van der Waals surface area (Å²) in [6.45, 7) is -0.602. The van der Waals surface area contributed by atoms with Crippen molar-refractivity contribution in [1.29, 1.82) is 0 Å². The standard InChI is InChI=1S/C10H6ClF3O4S/c1-2-3-17-19(15,16)18-9-5-7(10(12,13)14)4-8(11)6-9/h1,4-6H,3H2. The van der Waals surface area contributed by atoms with Crippen molar-refractivity contribution in [2.75, 3.05) is 6.61 Å². The third-order valence-corrected chi connectivity index (χ3v) is 2.70. The molecule has 0 saturated heterocycles. The van der Waals surface area contributed by atoms with E-state index < -0.39 is 34.5 Å². The summed E-state index contributed by atoms with van der Waals surface area (Å²) in [6.07, 6.45) is 0.0815. The number of hydrogen-bond acceptors (Lipinski definition) is 4. The van der Waals surface area contributed by atoms with Crippen molar-refractivity contribution in [3.05, 3.63) is 28.8 Å². The second-order valence-corrected chi connectivity index (χ2v) is 4.79. The second-order valence-electron chi connectivity index (χ2n) is 3.13. The molecule has 0 N–H and O–H groups in total. The first-order valence-electron chi connectivity index (χ1n) is 4.54. The topological polar surface area (TPSA) is 52.6 Å². The SMILES string of the molecule is C#CCOS(=O)(=O)Oc1cc(Cl)cc(C(F)(F)F)c1. The Labute approximate surface area is 112 Å². The van der Waals surface area contributed by atoms with E-state index in [1.165, 1.54) is 0 Å². The molecule has 0 aliphatic rings. The van der Waals surface area contributed by atoms with Gasteiger partial charge in [0.25, 0.3) is 0 Å². The molecule has 0 spiro atoms. The fraction of sp³-hybridized carbons (Fsp3) is 0.200. The predicted octanol–water partition coefficient (Wildman–Crippen LogP) is 2.63. The van der Waals surface area contributed by atoms with Crippen LogP contribution in [0.1, 0.15) is 5.56 Å². The Bertz CT molecular complexity index is 604. The van der Waals surface area contributed by atoms with E-state index in [9.17, 15) is 21.6 Å². The normalized spacial score (nSPS) is 11.9.